The molecule has 0 bridgehead atoms. The lowest BCUT2D eigenvalue weighted by atomic mass is 10.1. The van der Waals surface area contributed by atoms with E-state index >= 15 is 0 Å². The van der Waals surface area contributed by atoms with Crippen molar-refractivity contribution in [1.29, 1.82) is 0 Å². The molecule has 1 aromatic carbocycles. The predicted molar refractivity (Wildman–Crippen MR) is 104 cm³/mol. The van der Waals surface area contributed by atoms with Crippen molar-refractivity contribution in [1.82, 2.24) is 4.98 Å². The Morgan fingerprint density at radius 2 is 1.93 bits per heavy atom. The molecule has 1 fully saturated rings. The van der Waals surface area contributed by atoms with Crippen LogP contribution in [-0.4, -0.2) is 40.6 Å². The fourth-order valence-electron chi connectivity index (χ4n) is 2.85. The van der Waals surface area contributed by atoms with Crippen LogP contribution in [-0.2, 0) is 5.92 Å². The standard InChI is InChI=1S/C18H15BrClF4N3O2/c19-14-7-10(8-25-15(14)27-6-5-13(28)9-27)16(29)26-12-3-1-11(2-4-12)17(21,22)18(20,23)24/h1-4,7-8,13,28H,5-6,9H2,(H,26,29). The highest BCUT2D eigenvalue weighted by Gasteiger charge is 2.56. The Labute approximate surface area is 176 Å². The number of pyridine rings is 1. The van der Waals surface area contributed by atoms with Gasteiger partial charge in [-0.15, -0.1) is 0 Å². The van der Waals surface area contributed by atoms with Gasteiger partial charge >= 0.3 is 11.3 Å². The van der Waals surface area contributed by atoms with Crippen molar-refractivity contribution < 1.29 is 27.5 Å². The number of hydrogen-bond acceptors (Lipinski definition) is 4. The first-order valence-corrected chi connectivity index (χ1v) is 9.61. The second-order valence-corrected chi connectivity index (χ2v) is 7.85. The Morgan fingerprint density at radius 3 is 2.45 bits per heavy atom. The summed E-state index contributed by atoms with van der Waals surface area (Å²) in [5.41, 5.74) is -0.644. The minimum absolute atomic E-state index is 0.135. The highest BCUT2D eigenvalue weighted by atomic mass is 79.9. The molecule has 0 spiro atoms. The third-order valence-corrected chi connectivity index (χ3v) is 5.23. The van der Waals surface area contributed by atoms with E-state index in [1.54, 1.807) is 6.07 Å². The number of β-amino-alcohol motifs (C(OH)–C–C–N with tert-alkyl or cyclic N) is 1. The van der Waals surface area contributed by atoms with E-state index < -0.39 is 28.9 Å². The van der Waals surface area contributed by atoms with Crippen LogP contribution in [0, 0.1) is 0 Å². The van der Waals surface area contributed by atoms with Gasteiger partial charge in [0.2, 0.25) is 0 Å². The molecule has 1 amide bonds. The molecule has 1 unspecified atom stereocenters. The molecule has 0 radical (unpaired) electrons. The van der Waals surface area contributed by atoms with E-state index in [4.69, 9.17) is 0 Å². The number of halogens is 6. The Hall–Kier alpha value is -1.91. The quantitative estimate of drug-likeness (QED) is 0.469. The maximum atomic E-state index is 13.6. The molecule has 5 nitrogen and oxygen atoms in total. The summed E-state index contributed by atoms with van der Waals surface area (Å²) in [6.45, 7) is 1.08. The molecule has 2 N–H and O–H groups in total. The molecule has 0 saturated carbocycles. The maximum absolute atomic E-state index is 13.6. The van der Waals surface area contributed by atoms with E-state index in [1.807, 2.05) is 4.90 Å². The summed E-state index contributed by atoms with van der Waals surface area (Å²) >= 11 is 7.81. The van der Waals surface area contributed by atoms with Crippen molar-refractivity contribution in [2.24, 2.45) is 0 Å². The first kappa shape index (κ1) is 21.8. The monoisotopic (exact) mass is 495 g/mol. The molecular formula is C18H15BrClF4N3O2. The first-order chi connectivity index (χ1) is 13.5. The summed E-state index contributed by atoms with van der Waals surface area (Å²) < 4.78 is 53.3. The molecule has 1 saturated heterocycles. The van der Waals surface area contributed by atoms with E-state index in [2.05, 4.69) is 37.8 Å². The van der Waals surface area contributed by atoms with Crippen LogP contribution in [0.1, 0.15) is 22.3 Å². The number of anilines is 2. The molecule has 29 heavy (non-hydrogen) atoms. The van der Waals surface area contributed by atoms with Gasteiger partial charge in [0.15, 0.2) is 0 Å². The van der Waals surface area contributed by atoms with E-state index in [0.29, 0.717) is 29.8 Å². The van der Waals surface area contributed by atoms with Crippen molar-refractivity contribution in [3.05, 3.63) is 52.1 Å². The highest BCUT2D eigenvalue weighted by molar-refractivity contribution is 9.10. The van der Waals surface area contributed by atoms with Crippen LogP contribution in [0.25, 0.3) is 0 Å². The number of benzene rings is 1. The molecule has 3 rings (SSSR count). The van der Waals surface area contributed by atoms with Gasteiger partial charge in [-0.2, -0.15) is 17.6 Å². The highest BCUT2D eigenvalue weighted by Crippen LogP contribution is 2.45. The third-order valence-electron chi connectivity index (χ3n) is 4.41. The molecule has 2 heterocycles. The van der Waals surface area contributed by atoms with E-state index in [1.165, 1.54) is 6.20 Å². The summed E-state index contributed by atoms with van der Waals surface area (Å²) in [5, 5.41) is 7.38. The first-order valence-electron chi connectivity index (χ1n) is 8.44. The lowest BCUT2D eigenvalue weighted by Crippen LogP contribution is -2.32. The largest absolute Gasteiger partial charge is 0.391 e. The number of rotatable bonds is 5. The second-order valence-electron chi connectivity index (χ2n) is 6.52. The van der Waals surface area contributed by atoms with Gasteiger partial charge in [0, 0.05) is 30.5 Å². The minimum Gasteiger partial charge on any atom is -0.391 e. The Kier molecular flexibility index (Phi) is 6.07. The van der Waals surface area contributed by atoms with Gasteiger partial charge in [-0.1, -0.05) is 12.1 Å². The molecule has 1 atom stereocenters. The van der Waals surface area contributed by atoms with Crippen LogP contribution >= 0.6 is 27.5 Å². The number of amides is 1. The molecule has 11 heteroatoms. The maximum Gasteiger partial charge on any atom is 0.388 e. The fourth-order valence-corrected chi connectivity index (χ4v) is 3.56. The molecule has 1 aromatic heterocycles. The van der Waals surface area contributed by atoms with Crippen molar-refractivity contribution >= 4 is 44.9 Å². The number of hydrogen-bond donors (Lipinski definition) is 2. The zero-order chi connectivity index (χ0) is 21.4. The molecule has 2 aromatic rings. The van der Waals surface area contributed by atoms with Gasteiger partial charge in [-0.25, -0.2) is 4.98 Å². The second kappa shape index (κ2) is 8.08. The lowest BCUT2D eigenvalue weighted by molar-refractivity contribution is -0.164. The fraction of sp³-hybridized carbons (Fsp3) is 0.333. The van der Waals surface area contributed by atoms with Gasteiger partial charge in [0.25, 0.3) is 5.91 Å². The van der Waals surface area contributed by atoms with Crippen LogP contribution in [0.2, 0.25) is 0 Å². The van der Waals surface area contributed by atoms with E-state index in [0.717, 1.165) is 24.3 Å². The number of aromatic nitrogens is 1. The summed E-state index contributed by atoms with van der Waals surface area (Å²) in [5.74, 6) is -4.52. The topological polar surface area (TPSA) is 65.5 Å². The SMILES string of the molecule is O=C(Nc1ccc(C(F)(F)C(F)(F)Cl)cc1)c1cnc(N2CCC(O)C2)c(Br)c1. The summed E-state index contributed by atoms with van der Waals surface area (Å²) in [6, 6.07) is 5.22. The van der Waals surface area contributed by atoms with Crippen molar-refractivity contribution in [2.75, 3.05) is 23.3 Å². The van der Waals surface area contributed by atoms with Gasteiger partial charge in [0.05, 0.1) is 16.1 Å². The summed E-state index contributed by atoms with van der Waals surface area (Å²) in [6.07, 6.45) is 1.54. The predicted octanol–water partition coefficient (Wildman–Crippen LogP) is 4.59. The lowest BCUT2D eigenvalue weighted by Gasteiger charge is -2.21. The van der Waals surface area contributed by atoms with Gasteiger partial charge in [-0.05, 0) is 52.2 Å². The number of nitrogens with one attached hydrogen (secondary N) is 1. The van der Waals surface area contributed by atoms with Crippen LogP contribution in [0.5, 0.6) is 0 Å². The zero-order valence-corrected chi connectivity index (χ0v) is 17.0. The number of aliphatic hydroxyl groups excluding tert-OH is 1. The molecule has 0 aliphatic carbocycles. The number of carbonyl (C=O) groups excluding carboxylic acids is 1. The van der Waals surface area contributed by atoms with Gasteiger partial charge < -0.3 is 15.3 Å². The Balaban J connectivity index is 1.71. The van der Waals surface area contributed by atoms with E-state index in [9.17, 15) is 27.5 Å². The molecular weight excluding hydrogens is 482 g/mol. The third kappa shape index (κ3) is 4.65. The molecule has 1 aliphatic heterocycles. The van der Waals surface area contributed by atoms with Crippen LogP contribution in [0.3, 0.4) is 0 Å². The molecule has 156 valence electrons. The summed E-state index contributed by atoms with van der Waals surface area (Å²) in [7, 11) is 0. The van der Waals surface area contributed by atoms with Gasteiger partial charge in [-0.3, -0.25) is 4.79 Å². The number of alkyl halides is 5. The summed E-state index contributed by atoms with van der Waals surface area (Å²) in [4.78, 5) is 18.5. The normalized spacial score (nSPS) is 17.5. The Morgan fingerprint density at radius 1 is 1.28 bits per heavy atom. The van der Waals surface area contributed by atoms with Crippen LogP contribution in [0.4, 0.5) is 29.1 Å². The zero-order valence-electron chi connectivity index (χ0n) is 14.7. The van der Waals surface area contributed by atoms with Gasteiger partial charge in [0.1, 0.15) is 5.82 Å². The number of nitrogens with zero attached hydrogens (tertiary/aromatic N) is 2. The number of carbonyl (C=O) groups is 1. The van der Waals surface area contributed by atoms with Crippen LogP contribution in [0.15, 0.2) is 41.0 Å². The number of aliphatic hydroxyl groups is 1. The van der Waals surface area contributed by atoms with E-state index in [-0.39, 0.29) is 11.3 Å². The average molecular weight is 497 g/mol. The van der Waals surface area contributed by atoms with Crippen molar-refractivity contribution in [3.63, 3.8) is 0 Å². The van der Waals surface area contributed by atoms with Crippen molar-refractivity contribution in [3.8, 4) is 0 Å². The smallest absolute Gasteiger partial charge is 0.388 e. The minimum atomic E-state index is -4.73. The average Bonchev–Trinajstić information content (AvgIpc) is 3.07. The van der Waals surface area contributed by atoms with Crippen molar-refractivity contribution in [2.45, 2.75) is 23.8 Å². The Bertz CT molecular complexity index is 909. The van der Waals surface area contributed by atoms with Crippen LogP contribution < -0.4 is 10.2 Å². The molecule has 1 aliphatic rings.